The Bertz CT molecular complexity index is 2090. The molecule has 2 heterocycles. The molecule has 0 saturated heterocycles. The maximum atomic E-state index is 14.7. The van der Waals surface area contributed by atoms with Crippen LogP contribution in [-0.4, -0.2) is 32.2 Å². The third-order valence-electron chi connectivity index (χ3n) is 10.7. The lowest BCUT2D eigenvalue weighted by atomic mass is 9.83. The highest BCUT2D eigenvalue weighted by Crippen LogP contribution is 2.48. The van der Waals surface area contributed by atoms with Crippen LogP contribution in [0, 0.1) is 0 Å². The zero-order valence-corrected chi connectivity index (χ0v) is 31.8. The van der Waals surface area contributed by atoms with Crippen molar-refractivity contribution >= 4 is 27.1 Å². The van der Waals surface area contributed by atoms with Crippen LogP contribution in [0.3, 0.4) is 0 Å². The number of hydrogen-bond acceptors (Lipinski definition) is 4. The molecule has 0 radical (unpaired) electrons. The summed E-state index contributed by atoms with van der Waals surface area (Å²) in [6.07, 6.45) is 16.9. The van der Waals surface area contributed by atoms with Crippen molar-refractivity contribution in [1.82, 2.24) is 0 Å². The number of hydrogen-bond donors (Lipinski definition) is 0. The molecule has 0 N–H and O–H groups in total. The van der Waals surface area contributed by atoms with Crippen molar-refractivity contribution in [2.45, 2.75) is 64.8 Å². The molecular formula is C45H50N3O2S+. The molecule has 0 amide bonds. The molecular weight excluding hydrogens is 647 g/mol. The van der Waals surface area contributed by atoms with E-state index in [2.05, 4.69) is 131 Å². The topological polar surface area (TPSA) is 43.6 Å². The molecule has 1 saturated carbocycles. The van der Waals surface area contributed by atoms with Crippen LogP contribution in [0.5, 0.6) is 0 Å². The van der Waals surface area contributed by atoms with E-state index >= 15 is 0 Å². The van der Waals surface area contributed by atoms with Crippen LogP contribution < -0.4 is 9.80 Å². The number of rotatable bonds is 8. The van der Waals surface area contributed by atoms with Gasteiger partial charge in [-0.25, -0.2) is 0 Å². The summed E-state index contributed by atoms with van der Waals surface area (Å²) in [5.41, 5.74) is 10.6. The molecule has 262 valence electrons. The van der Waals surface area contributed by atoms with Gasteiger partial charge in [-0.3, -0.25) is 0 Å². The highest BCUT2D eigenvalue weighted by atomic mass is 32.2. The summed E-state index contributed by atoms with van der Waals surface area (Å²) in [7, 11) is 0.299. The zero-order valence-electron chi connectivity index (χ0n) is 31.0. The van der Waals surface area contributed by atoms with Crippen molar-refractivity contribution in [2.75, 3.05) is 23.9 Å². The van der Waals surface area contributed by atoms with E-state index in [-0.39, 0.29) is 22.3 Å². The molecule has 1 aliphatic carbocycles. The van der Waals surface area contributed by atoms with Crippen molar-refractivity contribution < 1.29 is 12.4 Å². The smallest absolute Gasteiger partial charge is 0.347 e. The van der Waals surface area contributed by atoms with Crippen molar-refractivity contribution in [3.63, 3.8) is 0 Å². The summed E-state index contributed by atoms with van der Waals surface area (Å²) in [6, 6.07) is 26.9. The molecule has 3 aliphatic rings. The summed E-state index contributed by atoms with van der Waals surface area (Å²) in [5, 5.41) is 0. The second kappa shape index (κ2) is 14.0. The largest absolute Gasteiger partial charge is 0.391 e. The molecule has 51 heavy (non-hydrogen) atoms. The predicted molar refractivity (Wildman–Crippen MR) is 215 cm³/mol. The number of fused-ring (bicyclic) bond motifs is 2. The fraction of sp³-hybridized carbons (Fsp3) is 0.267. The first-order valence-electron chi connectivity index (χ1n) is 17.7. The van der Waals surface area contributed by atoms with E-state index in [4.69, 9.17) is 0 Å². The van der Waals surface area contributed by atoms with E-state index in [0.717, 1.165) is 35.3 Å². The molecule has 5 nitrogen and oxygen atoms in total. The van der Waals surface area contributed by atoms with Crippen molar-refractivity contribution in [2.24, 2.45) is 0 Å². The first-order chi connectivity index (χ1) is 24.3. The van der Waals surface area contributed by atoms with Gasteiger partial charge in [0.1, 0.15) is 4.91 Å². The molecule has 3 aromatic rings. The Morgan fingerprint density at radius 3 is 1.67 bits per heavy atom. The summed E-state index contributed by atoms with van der Waals surface area (Å²) in [5.74, 6) is 0. The van der Waals surface area contributed by atoms with Gasteiger partial charge < -0.3 is 9.80 Å². The molecule has 0 spiro atoms. The number of benzene rings is 3. The standard InChI is InChI=1S/C45H50N3O2S/c1-9-10-12-19-33(2)51(49,50)48(32-34-20-13-11-14-21-34)43-35(28-30-41-44(3,4)37-22-15-17-24-39(37)46(41)7)26-27-36(43)29-31-42-45(5,6)38-23-16-18-25-40(38)47(42)8/h9-25,28-31H,1,26-27,32H2,2-8H3/q+1/b12-10-,33-19+. The van der Waals surface area contributed by atoms with Gasteiger partial charge in [0.2, 0.25) is 5.71 Å². The molecule has 2 aliphatic heterocycles. The average Bonchev–Trinajstić information content (AvgIpc) is 3.67. The molecule has 0 atom stereocenters. The lowest BCUT2D eigenvalue weighted by Crippen LogP contribution is -2.29. The summed E-state index contributed by atoms with van der Waals surface area (Å²) < 4.78 is 31.1. The Hall–Kier alpha value is -4.94. The Labute approximate surface area is 305 Å². The van der Waals surface area contributed by atoms with Gasteiger partial charge in [0, 0.05) is 64.4 Å². The molecule has 0 aromatic heterocycles. The summed E-state index contributed by atoms with van der Waals surface area (Å²) in [4.78, 5) is 4.79. The Morgan fingerprint density at radius 1 is 0.725 bits per heavy atom. The molecule has 6 rings (SSSR count). The first kappa shape index (κ1) is 35.9. The number of anilines is 2. The minimum atomic E-state index is -3.93. The van der Waals surface area contributed by atoms with Crippen LogP contribution in [0.2, 0.25) is 0 Å². The normalized spacial score (nSPS) is 22.5. The number of allylic oxidation sites excluding steroid dienone is 13. The first-order valence-corrected chi connectivity index (χ1v) is 19.1. The zero-order chi connectivity index (χ0) is 36.6. The van der Waals surface area contributed by atoms with E-state index in [1.54, 1.807) is 35.2 Å². The summed E-state index contributed by atoms with van der Waals surface area (Å²) >= 11 is 0. The summed E-state index contributed by atoms with van der Waals surface area (Å²) in [6.45, 7) is 14.7. The molecule has 0 bridgehead atoms. The van der Waals surface area contributed by atoms with Gasteiger partial charge in [-0.2, -0.15) is 8.42 Å². The molecule has 0 unspecified atom stereocenters. The van der Waals surface area contributed by atoms with E-state index in [9.17, 15) is 8.42 Å². The lowest BCUT2D eigenvalue weighted by Gasteiger charge is -2.24. The van der Waals surface area contributed by atoms with Crippen LogP contribution >= 0.6 is 0 Å². The molecule has 3 aromatic carbocycles. The minimum absolute atomic E-state index is 0.204. The van der Waals surface area contributed by atoms with Gasteiger partial charge in [0.05, 0.1) is 0 Å². The van der Waals surface area contributed by atoms with Crippen LogP contribution in [0.1, 0.15) is 64.2 Å². The maximum Gasteiger partial charge on any atom is 0.391 e. The SMILES string of the molecule is C=C/C=C\C=C(/C)S(=O)(=O)[N+](Cc1ccccc1)=C1C(=CC=C2N(C)c3ccccc3C2(C)C)CC/C1=C\C=C1\N(C)c2ccccc2C1(C)C. The Morgan fingerprint density at radius 2 is 1.20 bits per heavy atom. The van der Waals surface area contributed by atoms with Crippen molar-refractivity contribution in [1.29, 1.82) is 0 Å². The van der Waals surface area contributed by atoms with E-state index < -0.39 is 10.0 Å². The minimum Gasteiger partial charge on any atom is -0.347 e. The second-order valence-electron chi connectivity index (χ2n) is 14.6. The van der Waals surface area contributed by atoms with Gasteiger partial charge >= 0.3 is 10.0 Å². The highest BCUT2D eigenvalue weighted by molar-refractivity contribution is 7.89. The maximum absolute atomic E-state index is 14.7. The monoisotopic (exact) mass is 696 g/mol. The number of para-hydroxylation sites is 2. The van der Waals surface area contributed by atoms with Crippen molar-refractivity contribution in [3.8, 4) is 0 Å². The van der Waals surface area contributed by atoms with Crippen LogP contribution in [-0.2, 0) is 27.4 Å². The number of sulfonamides is 1. The predicted octanol–water partition coefficient (Wildman–Crippen LogP) is 9.89. The van der Waals surface area contributed by atoms with Crippen LogP contribution in [0.15, 0.2) is 161 Å². The van der Waals surface area contributed by atoms with Gasteiger partial charge in [0.15, 0.2) is 6.54 Å². The average molecular weight is 697 g/mol. The van der Waals surface area contributed by atoms with Gasteiger partial charge in [-0.15, -0.1) is 3.98 Å². The van der Waals surface area contributed by atoms with E-state index in [1.165, 1.54) is 33.9 Å². The molecule has 1 fully saturated rings. The van der Waals surface area contributed by atoms with E-state index in [0.29, 0.717) is 0 Å². The Kier molecular flexibility index (Phi) is 9.84. The van der Waals surface area contributed by atoms with E-state index in [1.807, 2.05) is 30.3 Å². The second-order valence-corrected chi connectivity index (χ2v) is 16.7. The fourth-order valence-corrected chi connectivity index (χ4v) is 9.27. The quantitative estimate of drug-likeness (QED) is 0.174. The lowest BCUT2D eigenvalue weighted by molar-refractivity contribution is -0.381. The number of likely N-dealkylation sites (N-methyl/N-ethyl adjacent to an activating group) is 2. The van der Waals surface area contributed by atoms with Gasteiger partial charge in [-0.05, 0) is 61.3 Å². The highest BCUT2D eigenvalue weighted by Gasteiger charge is 2.41. The fourth-order valence-electron chi connectivity index (χ4n) is 7.88. The van der Waals surface area contributed by atoms with Crippen molar-refractivity contribution in [3.05, 3.63) is 178 Å². The van der Waals surface area contributed by atoms with Gasteiger partial charge in [-0.1, -0.05) is 131 Å². The third kappa shape index (κ3) is 6.54. The van der Waals surface area contributed by atoms with Crippen LogP contribution in [0.25, 0.3) is 0 Å². The van der Waals surface area contributed by atoms with Crippen LogP contribution in [0.4, 0.5) is 11.4 Å². The number of nitrogens with zero attached hydrogens (tertiary/aromatic N) is 3. The molecule has 6 heteroatoms. The third-order valence-corrected chi connectivity index (χ3v) is 12.6. The Balaban J connectivity index is 1.57. The van der Waals surface area contributed by atoms with Gasteiger partial charge in [0.25, 0.3) is 0 Å².